The minimum absolute atomic E-state index is 0.0636. The van der Waals surface area contributed by atoms with Gasteiger partial charge in [-0.2, -0.15) is 0 Å². The van der Waals surface area contributed by atoms with Gasteiger partial charge in [0.05, 0.1) is 18.7 Å². The highest BCUT2D eigenvalue weighted by Crippen LogP contribution is 2.40. The molecule has 2 rings (SSSR count). The van der Waals surface area contributed by atoms with Gasteiger partial charge in [0.2, 0.25) is 0 Å². The third kappa shape index (κ3) is 2.18. The Morgan fingerprint density at radius 1 is 1.56 bits per heavy atom. The maximum absolute atomic E-state index is 11.5. The number of carbonyl (C=O) groups excluding carboxylic acids is 1. The standard InChI is InChI=1S/C12H14BrNO4/c1-17-11-9(15)4-6-3-8(12(16)18-2)14-5-7(6)10(11)13/h4,8,14-15H,3,5H2,1-2H3/t8-/m0/s1. The second-order valence-corrected chi connectivity index (χ2v) is 4.83. The van der Waals surface area contributed by atoms with Gasteiger partial charge in [-0.1, -0.05) is 0 Å². The molecular formula is C12H14BrNO4. The molecule has 1 atom stereocenters. The number of aromatic hydroxyl groups is 1. The monoisotopic (exact) mass is 315 g/mol. The van der Waals surface area contributed by atoms with Gasteiger partial charge in [0.25, 0.3) is 0 Å². The summed E-state index contributed by atoms with van der Waals surface area (Å²) in [5, 5.41) is 12.9. The number of methoxy groups -OCH3 is 2. The van der Waals surface area contributed by atoms with Gasteiger partial charge < -0.3 is 14.6 Å². The van der Waals surface area contributed by atoms with Gasteiger partial charge in [0.1, 0.15) is 6.04 Å². The first-order valence-electron chi connectivity index (χ1n) is 5.47. The van der Waals surface area contributed by atoms with E-state index in [1.54, 1.807) is 6.07 Å². The van der Waals surface area contributed by atoms with Crippen LogP contribution in [0.25, 0.3) is 0 Å². The average molecular weight is 316 g/mol. The summed E-state index contributed by atoms with van der Waals surface area (Å²) in [6.45, 7) is 0.520. The lowest BCUT2D eigenvalue weighted by Gasteiger charge is -2.26. The number of ether oxygens (including phenoxy) is 2. The van der Waals surface area contributed by atoms with Crippen LogP contribution in [0.5, 0.6) is 11.5 Å². The molecule has 1 aromatic rings. The minimum atomic E-state index is -0.373. The maximum atomic E-state index is 11.5. The van der Waals surface area contributed by atoms with Gasteiger partial charge in [-0.05, 0) is 39.5 Å². The number of phenols is 1. The van der Waals surface area contributed by atoms with Crippen molar-refractivity contribution in [2.75, 3.05) is 14.2 Å². The summed E-state index contributed by atoms with van der Waals surface area (Å²) in [4.78, 5) is 11.5. The third-order valence-electron chi connectivity index (χ3n) is 3.03. The number of rotatable bonds is 2. The molecule has 1 aliphatic heterocycles. The van der Waals surface area contributed by atoms with Gasteiger partial charge >= 0.3 is 5.97 Å². The number of nitrogens with one attached hydrogen (secondary N) is 1. The quantitative estimate of drug-likeness (QED) is 0.806. The van der Waals surface area contributed by atoms with Crippen molar-refractivity contribution in [1.82, 2.24) is 5.32 Å². The van der Waals surface area contributed by atoms with Crippen LogP contribution in [0.3, 0.4) is 0 Å². The fourth-order valence-corrected chi connectivity index (χ4v) is 2.86. The number of esters is 1. The first-order valence-corrected chi connectivity index (χ1v) is 6.26. The van der Waals surface area contributed by atoms with E-state index < -0.39 is 0 Å². The second kappa shape index (κ2) is 5.16. The number of fused-ring (bicyclic) bond motifs is 1. The number of phenolic OH excluding ortho intramolecular Hbond substituents is 1. The van der Waals surface area contributed by atoms with Crippen LogP contribution >= 0.6 is 15.9 Å². The van der Waals surface area contributed by atoms with Crippen molar-refractivity contribution in [3.63, 3.8) is 0 Å². The summed E-state index contributed by atoms with van der Waals surface area (Å²) >= 11 is 3.41. The Morgan fingerprint density at radius 3 is 2.89 bits per heavy atom. The Morgan fingerprint density at radius 2 is 2.28 bits per heavy atom. The van der Waals surface area contributed by atoms with Gasteiger partial charge in [0, 0.05) is 6.54 Å². The molecule has 18 heavy (non-hydrogen) atoms. The molecule has 2 N–H and O–H groups in total. The summed E-state index contributed by atoms with van der Waals surface area (Å²) in [5.74, 6) is 0.174. The summed E-state index contributed by atoms with van der Waals surface area (Å²) in [7, 11) is 2.86. The number of hydrogen-bond acceptors (Lipinski definition) is 5. The highest BCUT2D eigenvalue weighted by Gasteiger charge is 2.28. The van der Waals surface area contributed by atoms with Crippen molar-refractivity contribution in [3.05, 3.63) is 21.7 Å². The molecule has 1 heterocycles. The lowest BCUT2D eigenvalue weighted by atomic mass is 9.95. The predicted octanol–water partition coefficient (Wildman–Crippen LogP) is 1.35. The highest BCUT2D eigenvalue weighted by molar-refractivity contribution is 9.10. The normalized spacial score (nSPS) is 18.1. The molecule has 0 fully saturated rings. The van der Waals surface area contributed by atoms with Crippen molar-refractivity contribution in [3.8, 4) is 11.5 Å². The zero-order chi connectivity index (χ0) is 13.3. The van der Waals surface area contributed by atoms with Crippen molar-refractivity contribution in [2.24, 2.45) is 0 Å². The highest BCUT2D eigenvalue weighted by atomic mass is 79.9. The van der Waals surface area contributed by atoms with Crippen LogP contribution in [0.2, 0.25) is 0 Å². The summed E-state index contributed by atoms with van der Waals surface area (Å²) in [6, 6.07) is 1.26. The van der Waals surface area contributed by atoms with Gasteiger partial charge in [-0.25, -0.2) is 0 Å². The van der Waals surface area contributed by atoms with Crippen molar-refractivity contribution < 1.29 is 19.4 Å². The second-order valence-electron chi connectivity index (χ2n) is 4.04. The van der Waals surface area contributed by atoms with Crippen molar-refractivity contribution in [2.45, 2.75) is 19.0 Å². The van der Waals surface area contributed by atoms with E-state index in [9.17, 15) is 9.90 Å². The van der Waals surface area contributed by atoms with E-state index in [0.717, 1.165) is 15.6 Å². The van der Waals surface area contributed by atoms with Crippen LogP contribution in [0.15, 0.2) is 10.5 Å². The molecule has 0 aliphatic carbocycles. The van der Waals surface area contributed by atoms with Crippen LogP contribution in [-0.4, -0.2) is 31.3 Å². The van der Waals surface area contributed by atoms with E-state index in [2.05, 4.69) is 21.2 Å². The summed E-state index contributed by atoms with van der Waals surface area (Å²) in [5.41, 5.74) is 1.90. The molecular weight excluding hydrogens is 302 g/mol. The minimum Gasteiger partial charge on any atom is -0.504 e. The maximum Gasteiger partial charge on any atom is 0.323 e. The molecule has 1 aromatic carbocycles. The lowest BCUT2D eigenvalue weighted by Crippen LogP contribution is -2.42. The molecule has 98 valence electrons. The van der Waals surface area contributed by atoms with Crippen LogP contribution in [-0.2, 0) is 22.5 Å². The van der Waals surface area contributed by atoms with Crippen LogP contribution in [0.1, 0.15) is 11.1 Å². The van der Waals surface area contributed by atoms with E-state index in [1.165, 1.54) is 14.2 Å². The lowest BCUT2D eigenvalue weighted by molar-refractivity contribution is -0.143. The van der Waals surface area contributed by atoms with E-state index in [4.69, 9.17) is 9.47 Å². The predicted molar refractivity (Wildman–Crippen MR) is 68.7 cm³/mol. The Kier molecular flexibility index (Phi) is 3.77. The number of benzene rings is 1. The molecule has 0 spiro atoms. The zero-order valence-corrected chi connectivity index (χ0v) is 11.7. The zero-order valence-electron chi connectivity index (χ0n) is 10.1. The van der Waals surface area contributed by atoms with E-state index in [0.29, 0.717) is 18.7 Å². The number of halogens is 1. The van der Waals surface area contributed by atoms with Crippen molar-refractivity contribution >= 4 is 21.9 Å². The van der Waals surface area contributed by atoms with E-state index in [1.807, 2.05) is 0 Å². The SMILES string of the molecule is COC(=O)[C@@H]1Cc2cc(O)c(OC)c(Br)c2CN1. The largest absolute Gasteiger partial charge is 0.504 e. The third-order valence-corrected chi connectivity index (χ3v) is 3.87. The van der Waals surface area contributed by atoms with Gasteiger partial charge in [-0.3, -0.25) is 10.1 Å². The summed E-state index contributed by atoms with van der Waals surface area (Å²) < 4.78 is 10.5. The summed E-state index contributed by atoms with van der Waals surface area (Å²) in [6.07, 6.45) is 0.484. The molecule has 0 unspecified atom stereocenters. The average Bonchev–Trinajstić information content (AvgIpc) is 2.37. The van der Waals surface area contributed by atoms with Crippen LogP contribution in [0.4, 0.5) is 0 Å². The molecule has 0 amide bonds. The first kappa shape index (κ1) is 13.2. The number of hydrogen-bond donors (Lipinski definition) is 2. The molecule has 0 saturated carbocycles. The molecule has 0 aromatic heterocycles. The van der Waals surface area contributed by atoms with Gasteiger partial charge in [-0.15, -0.1) is 0 Å². The number of carbonyl (C=O) groups is 1. The molecule has 1 aliphatic rings. The fraction of sp³-hybridized carbons (Fsp3) is 0.417. The first-order chi connectivity index (χ1) is 8.58. The Labute approximate surface area is 113 Å². The van der Waals surface area contributed by atoms with Crippen LogP contribution in [0, 0.1) is 0 Å². The molecule has 0 radical (unpaired) electrons. The topological polar surface area (TPSA) is 67.8 Å². The fourth-order valence-electron chi connectivity index (χ4n) is 2.10. The van der Waals surface area contributed by atoms with Gasteiger partial charge in [0.15, 0.2) is 11.5 Å². The van der Waals surface area contributed by atoms with Crippen molar-refractivity contribution in [1.29, 1.82) is 0 Å². The molecule has 5 nitrogen and oxygen atoms in total. The molecule has 6 heteroatoms. The smallest absolute Gasteiger partial charge is 0.323 e. The Balaban J connectivity index is 2.37. The van der Waals surface area contributed by atoms with Crippen LogP contribution < -0.4 is 10.1 Å². The Bertz CT molecular complexity index is 489. The molecule has 0 saturated heterocycles. The molecule has 0 bridgehead atoms. The van der Waals surface area contributed by atoms with E-state index in [-0.39, 0.29) is 17.8 Å². The Hall–Kier alpha value is -1.27. The van der Waals surface area contributed by atoms with E-state index >= 15 is 0 Å².